The van der Waals surface area contributed by atoms with Gasteiger partial charge in [0.05, 0.1) is 17.3 Å². The molecule has 1 aliphatic rings. The maximum Gasteiger partial charge on any atom is 0.416 e. The van der Waals surface area contributed by atoms with E-state index in [0.717, 1.165) is 42.2 Å². The predicted molar refractivity (Wildman–Crippen MR) is 124 cm³/mol. The number of benzene rings is 3. The van der Waals surface area contributed by atoms with Crippen molar-refractivity contribution in [3.8, 4) is 0 Å². The molecule has 3 aromatic rings. The van der Waals surface area contributed by atoms with Crippen molar-refractivity contribution in [2.45, 2.75) is 38.0 Å². The average molecular weight is 502 g/mol. The molecule has 0 radical (unpaired) electrons. The minimum absolute atomic E-state index is 0.0747. The maximum atomic E-state index is 14.8. The molecule has 0 aromatic heterocycles. The molecule has 4 nitrogen and oxygen atoms in total. The fourth-order valence-corrected chi connectivity index (χ4v) is 4.65. The van der Waals surface area contributed by atoms with E-state index in [1.807, 2.05) is 0 Å². The number of amides is 2. The zero-order valence-electron chi connectivity index (χ0n) is 19.3. The molecule has 0 bridgehead atoms. The van der Waals surface area contributed by atoms with E-state index in [2.05, 4.69) is 0 Å². The van der Waals surface area contributed by atoms with E-state index in [1.165, 1.54) is 35.2 Å². The minimum atomic E-state index is -4.60. The van der Waals surface area contributed by atoms with Gasteiger partial charge in [0.2, 0.25) is 5.91 Å². The van der Waals surface area contributed by atoms with Crippen LogP contribution in [0.25, 0.3) is 0 Å². The fourth-order valence-electron chi connectivity index (χ4n) is 4.65. The van der Waals surface area contributed by atoms with Gasteiger partial charge in [0.25, 0.3) is 5.91 Å². The molecule has 1 saturated heterocycles. The number of halogens is 5. The smallest absolute Gasteiger partial charge is 0.333 e. The largest absolute Gasteiger partial charge is 0.416 e. The topological polar surface area (TPSA) is 40.6 Å². The number of rotatable bonds is 5. The predicted octanol–water partition coefficient (Wildman–Crippen LogP) is 6.44. The van der Waals surface area contributed by atoms with Gasteiger partial charge in [-0.3, -0.25) is 14.5 Å². The highest BCUT2D eigenvalue weighted by Gasteiger charge is 2.41. The third-order valence-corrected chi connectivity index (χ3v) is 6.30. The number of alkyl halides is 3. The molecule has 1 unspecified atom stereocenters. The highest BCUT2D eigenvalue weighted by Crippen LogP contribution is 2.39. The Hall–Kier alpha value is -3.75. The summed E-state index contributed by atoms with van der Waals surface area (Å²) in [6.07, 6.45) is -3.58. The van der Waals surface area contributed by atoms with E-state index >= 15 is 0 Å². The zero-order chi connectivity index (χ0) is 26.0. The van der Waals surface area contributed by atoms with Crippen molar-refractivity contribution in [3.63, 3.8) is 0 Å². The van der Waals surface area contributed by atoms with Gasteiger partial charge < -0.3 is 4.90 Å². The molecule has 1 fully saturated rings. The Kier molecular flexibility index (Phi) is 7.10. The molecular formula is C27H23F5N2O2. The number of nitrogens with zero attached hydrogens (tertiary/aromatic N) is 2. The van der Waals surface area contributed by atoms with Crippen molar-refractivity contribution in [1.29, 1.82) is 0 Å². The van der Waals surface area contributed by atoms with Crippen LogP contribution >= 0.6 is 0 Å². The summed E-state index contributed by atoms with van der Waals surface area (Å²) in [5, 5.41) is 0. The van der Waals surface area contributed by atoms with Gasteiger partial charge in [-0.1, -0.05) is 42.5 Å². The highest BCUT2D eigenvalue weighted by atomic mass is 19.4. The lowest BCUT2D eigenvalue weighted by Crippen LogP contribution is -2.45. The first-order valence-corrected chi connectivity index (χ1v) is 11.4. The molecule has 2 atom stereocenters. The first-order valence-electron chi connectivity index (χ1n) is 11.4. The molecule has 1 aliphatic heterocycles. The van der Waals surface area contributed by atoms with Gasteiger partial charge in [0.15, 0.2) is 0 Å². The summed E-state index contributed by atoms with van der Waals surface area (Å²) in [7, 11) is 0. The van der Waals surface area contributed by atoms with Crippen LogP contribution in [0.5, 0.6) is 0 Å². The van der Waals surface area contributed by atoms with E-state index in [-0.39, 0.29) is 17.8 Å². The number of carbonyl (C=O) groups excluding carboxylic acids is 2. The second-order valence-electron chi connectivity index (χ2n) is 8.57. The summed E-state index contributed by atoms with van der Waals surface area (Å²) < 4.78 is 69.0. The third-order valence-electron chi connectivity index (χ3n) is 6.30. The molecular weight excluding hydrogens is 479 g/mol. The number of carbonyl (C=O) groups is 2. The van der Waals surface area contributed by atoms with Gasteiger partial charge in [-0.15, -0.1) is 0 Å². The molecule has 0 spiro atoms. The standard InChI is InChI=1S/C27H23F5N2O2/c1-17(35)34(24-10-5-4-9-22(24)29)25(18-12-14-19(15-13-18)27(30,31)32)26(36)33-16-6-11-23(33)20-7-2-3-8-21(20)28/h2-5,7-10,12-15,23,25H,6,11,16H2,1H3/t23?,25-/m0/s1. The fraction of sp³-hybridized carbons (Fsp3) is 0.259. The van der Waals surface area contributed by atoms with Gasteiger partial charge in [0, 0.05) is 19.0 Å². The summed E-state index contributed by atoms with van der Waals surface area (Å²) in [6.45, 7) is 1.40. The monoisotopic (exact) mass is 502 g/mol. The molecule has 0 N–H and O–H groups in total. The van der Waals surface area contributed by atoms with Gasteiger partial charge in [0.1, 0.15) is 17.7 Å². The van der Waals surface area contributed by atoms with E-state index < -0.39 is 47.3 Å². The SMILES string of the molecule is CC(=O)N(c1ccccc1F)[C@H](C(=O)N1CCCC1c1ccccc1F)c1ccc(C(F)(F)F)cc1. The third kappa shape index (κ3) is 4.96. The molecule has 2 amide bonds. The summed E-state index contributed by atoms with van der Waals surface area (Å²) in [5.74, 6) is -2.59. The summed E-state index contributed by atoms with van der Waals surface area (Å²) >= 11 is 0. The van der Waals surface area contributed by atoms with Gasteiger partial charge in [-0.2, -0.15) is 13.2 Å². The zero-order valence-corrected chi connectivity index (χ0v) is 19.3. The Morgan fingerprint density at radius 2 is 1.53 bits per heavy atom. The van der Waals surface area contributed by atoms with E-state index in [4.69, 9.17) is 0 Å². The van der Waals surface area contributed by atoms with Crippen molar-refractivity contribution in [2.24, 2.45) is 0 Å². The quantitative estimate of drug-likeness (QED) is 0.377. The second-order valence-corrected chi connectivity index (χ2v) is 8.57. The van der Waals surface area contributed by atoms with Crippen molar-refractivity contribution >= 4 is 17.5 Å². The van der Waals surface area contributed by atoms with Gasteiger partial charge in [-0.05, 0) is 48.7 Å². The Labute approximate surface area is 204 Å². The Morgan fingerprint density at radius 1 is 0.917 bits per heavy atom. The summed E-state index contributed by atoms with van der Waals surface area (Å²) in [5.41, 5.74) is -0.742. The normalized spacial score (nSPS) is 16.6. The molecule has 36 heavy (non-hydrogen) atoms. The van der Waals surface area contributed by atoms with Crippen LogP contribution in [0.4, 0.5) is 27.6 Å². The van der Waals surface area contributed by atoms with Crippen molar-refractivity contribution in [3.05, 3.63) is 101 Å². The van der Waals surface area contributed by atoms with Crippen LogP contribution < -0.4 is 4.90 Å². The first-order chi connectivity index (χ1) is 17.1. The Bertz CT molecular complexity index is 1260. The molecule has 0 saturated carbocycles. The van der Waals surface area contributed by atoms with Crippen LogP contribution in [0.15, 0.2) is 72.8 Å². The van der Waals surface area contributed by atoms with E-state index in [0.29, 0.717) is 18.4 Å². The van der Waals surface area contributed by atoms with Crippen molar-refractivity contribution in [1.82, 2.24) is 4.90 Å². The van der Waals surface area contributed by atoms with Crippen LogP contribution in [0.3, 0.4) is 0 Å². The lowest BCUT2D eigenvalue weighted by molar-refractivity contribution is -0.137. The molecule has 0 aliphatic carbocycles. The Balaban J connectivity index is 1.83. The molecule has 9 heteroatoms. The second kappa shape index (κ2) is 10.1. The highest BCUT2D eigenvalue weighted by molar-refractivity contribution is 6.00. The van der Waals surface area contributed by atoms with Crippen LogP contribution in [0.2, 0.25) is 0 Å². The van der Waals surface area contributed by atoms with Crippen LogP contribution in [0, 0.1) is 11.6 Å². The van der Waals surface area contributed by atoms with Crippen LogP contribution in [-0.2, 0) is 15.8 Å². The molecule has 188 valence electrons. The molecule has 4 rings (SSSR count). The molecule has 3 aromatic carbocycles. The van der Waals surface area contributed by atoms with Crippen LogP contribution in [0.1, 0.15) is 48.5 Å². The number of para-hydroxylation sites is 1. The lowest BCUT2D eigenvalue weighted by Gasteiger charge is -2.35. The van der Waals surface area contributed by atoms with Crippen molar-refractivity contribution in [2.75, 3.05) is 11.4 Å². The Morgan fingerprint density at radius 3 is 2.11 bits per heavy atom. The maximum absolute atomic E-state index is 14.8. The summed E-state index contributed by atoms with van der Waals surface area (Å²) in [4.78, 5) is 29.2. The number of hydrogen-bond acceptors (Lipinski definition) is 2. The van der Waals surface area contributed by atoms with E-state index in [1.54, 1.807) is 12.1 Å². The number of anilines is 1. The minimum Gasteiger partial charge on any atom is -0.333 e. The van der Waals surface area contributed by atoms with E-state index in [9.17, 15) is 31.5 Å². The number of hydrogen-bond donors (Lipinski definition) is 0. The van der Waals surface area contributed by atoms with Crippen LogP contribution in [-0.4, -0.2) is 23.3 Å². The van der Waals surface area contributed by atoms with Crippen molar-refractivity contribution < 1.29 is 31.5 Å². The first kappa shape index (κ1) is 25.3. The van der Waals surface area contributed by atoms with Gasteiger partial charge >= 0.3 is 6.18 Å². The lowest BCUT2D eigenvalue weighted by atomic mass is 9.98. The average Bonchev–Trinajstić information content (AvgIpc) is 3.32. The number of likely N-dealkylation sites (tertiary alicyclic amines) is 1. The summed E-state index contributed by atoms with van der Waals surface area (Å²) in [6, 6.07) is 13.1. The van der Waals surface area contributed by atoms with Gasteiger partial charge in [-0.25, -0.2) is 8.78 Å². The molecule has 1 heterocycles.